The van der Waals surface area contributed by atoms with E-state index >= 15 is 0 Å². The second-order valence-corrected chi connectivity index (χ2v) is 6.30. The predicted molar refractivity (Wildman–Crippen MR) is 97.2 cm³/mol. The number of piperidine rings is 1. The summed E-state index contributed by atoms with van der Waals surface area (Å²) in [6.07, 6.45) is 3.13. The molecule has 2 amide bonds. The number of ether oxygens (including phenoxy) is 1. The molecule has 1 aromatic heterocycles. The Morgan fingerprint density at radius 2 is 1.85 bits per heavy atom. The summed E-state index contributed by atoms with van der Waals surface area (Å²) < 4.78 is 5.13. The van der Waals surface area contributed by atoms with E-state index in [9.17, 15) is 9.59 Å². The summed E-state index contributed by atoms with van der Waals surface area (Å²) in [6, 6.07) is 8.98. The van der Waals surface area contributed by atoms with Gasteiger partial charge in [-0.15, -0.1) is 0 Å². The Labute approximate surface area is 152 Å². The number of amides is 2. The molecule has 0 unspecified atom stereocenters. The van der Waals surface area contributed by atoms with Crippen LogP contribution in [0, 0.1) is 0 Å². The van der Waals surface area contributed by atoms with Crippen molar-refractivity contribution >= 4 is 17.6 Å². The lowest BCUT2D eigenvalue weighted by molar-refractivity contribution is -0.114. The molecule has 1 N–H and O–H groups in total. The first-order chi connectivity index (χ1) is 12.6. The molecule has 1 aromatic carbocycles. The van der Waals surface area contributed by atoms with Gasteiger partial charge in [-0.1, -0.05) is 0 Å². The fraction of sp³-hybridized carbons (Fsp3) is 0.368. The summed E-state index contributed by atoms with van der Waals surface area (Å²) in [6.45, 7) is 2.80. The topological polar surface area (TPSA) is 84.4 Å². The van der Waals surface area contributed by atoms with Gasteiger partial charge in [-0.05, 0) is 37.1 Å². The van der Waals surface area contributed by atoms with Crippen LogP contribution in [0.5, 0.6) is 5.75 Å². The van der Waals surface area contributed by atoms with E-state index in [4.69, 9.17) is 4.74 Å². The Bertz CT molecular complexity index is 784. The van der Waals surface area contributed by atoms with Gasteiger partial charge in [0.1, 0.15) is 17.9 Å². The molecular weight excluding hydrogens is 332 g/mol. The number of methoxy groups -OCH3 is 1. The van der Waals surface area contributed by atoms with Crippen molar-refractivity contribution in [1.29, 1.82) is 0 Å². The van der Waals surface area contributed by atoms with Gasteiger partial charge in [-0.25, -0.2) is 9.97 Å². The first-order valence-corrected chi connectivity index (χ1v) is 8.59. The highest BCUT2D eigenvalue weighted by molar-refractivity contribution is 5.94. The Morgan fingerprint density at radius 1 is 1.15 bits per heavy atom. The van der Waals surface area contributed by atoms with Crippen molar-refractivity contribution in [3.63, 3.8) is 0 Å². The number of hydrogen-bond donors (Lipinski definition) is 1. The Kier molecular flexibility index (Phi) is 5.46. The fourth-order valence-corrected chi connectivity index (χ4v) is 3.14. The number of anilines is 1. The van der Waals surface area contributed by atoms with Gasteiger partial charge in [0, 0.05) is 43.3 Å². The molecule has 0 spiro atoms. The number of nitrogens with one attached hydrogen (secondary N) is 1. The molecule has 3 rings (SSSR count). The maximum absolute atomic E-state index is 12.6. The van der Waals surface area contributed by atoms with Crippen LogP contribution in [0.4, 0.5) is 5.82 Å². The fourth-order valence-electron chi connectivity index (χ4n) is 3.14. The molecule has 2 heterocycles. The number of carbonyl (C=O) groups excluding carboxylic acids is 2. The van der Waals surface area contributed by atoms with E-state index in [1.807, 2.05) is 11.0 Å². The van der Waals surface area contributed by atoms with Crippen molar-refractivity contribution in [2.24, 2.45) is 0 Å². The van der Waals surface area contributed by atoms with Crippen molar-refractivity contribution in [3.05, 3.63) is 47.9 Å². The number of nitrogens with zero attached hydrogens (tertiary/aromatic N) is 3. The second kappa shape index (κ2) is 7.95. The molecule has 0 bridgehead atoms. The molecule has 1 aliphatic rings. The van der Waals surface area contributed by atoms with Gasteiger partial charge in [0.2, 0.25) is 5.91 Å². The van der Waals surface area contributed by atoms with Gasteiger partial charge in [0.05, 0.1) is 7.11 Å². The van der Waals surface area contributed by atoms with E-state index in [-0.39, 0.29) is 17.7 Å². The summed E-state index contributed by atoms with van der Waals surface area (Å²) in [7, 11) is 1.60. The van der Waals surface area contributed by atoms with E-state index < -0.39 is 0 Å². The average Bonchev–Trinajstić information content (AvgIpc) is 2.67. The number of rotatable bonds is 4. The van der Waals surface area contributed by atoms with Gasteiger partial charge in [0.25, 0.3) is 5.91 Å². The van der Waals surface area contributed by atoms with Crippen LogP contribution in [0.1, 0.15) is 41.7 Å². The van der Waals surface area contributed by atoms with Crippen LogP contribution < -0.4 is 10.1 Å². The van der Waals surface area contributed by atoms with Crippen LogP contribution in [-0.2, 0) is 4.79 Å². The normalized spacial score (nSPS) is 14.8. The zero-order chi connectivity index (χ0) is 18.5. The molecule has 0 aliphatic carbocycles. The van der Waals surface area contributed by atoms with E-state index in [0.717, 1.165) is 24.3 Å². The largest absolute Gasteiger partial charge is 0.497 e. The van der Waals surface area contributed by atoms with Crippen LogP contribution in [0.2, 0.25) is 0 Å². The minimum absolute atomic E-state index is 0.0349. The lowest BCUT2D eigenvalue weighted by Gasteiger charge is -2.32. The van der Waals surface area contributed by atoms with E-state index in [0.29, 0.717) is 24.5 Å². The predicted octanol–water partition coefficient (Wildman–Crippen LogP) is 2.46. The lowest BCUT2D eigenvalue weighted by atomic mass is 9.93. The molecule has 0 atom stereocenters. The molecule has 0 saturated carbocycles. The van der Waals surface area contributed by atoms with Crippen LogP contribution in [0.25, 0.3) is 0 Å². The van der Waals surface area contributed by atoms with E-state index in [1.165, 1.54) is 13.3 Å². The number of benzene rings is 1. The number of hydrogen-bond acceptors (Lipinski definition) is 5. The molecule has 1 aliphatic heterocycles. The van der Waals surface area contributed by atoms with Gasteiger partial charge < -0.3 is 15.0 Å². The van der Waals surface area contributed by atoms with Crippen molar-refractivity contribution < 1.29 is 14.3 Å². The number of carbonyl (C=O) groups is 2. The van der Waals surface area contributed by atoms with Crippen molar-refractivity contribution in [2.45, 2.75) is 25.7 Å². The van der Waals surface area contributed by atoms with Gasteiger partial charge in [-0.2, -0.15) is 0 Å². The number of aromatic nitrogens is 2. The first-order valence-electron chi connectivity index (χ1n) is 8.59. The number of likely N-dealkylation sites (tertiary alicyclic amines) is 1. The van der Waals surface area contributed by atoms with Crippen LogP contribution in [0.3, 0.4) is 0 Å². The maximum atomic E-state index is 12.6. The van der Waals surface area contributed by atoms with Gasteiger partial charge >= 0.3 is 0 Å². The Balaban J connectivity index is 1.61. The Morgan fingerprint density at radius 3 is 2.46 bits per heavy atom. The molecule has 7 nitrogen and oxygen atoms in total. The molecule has 1 saturated heterocycles. The average molecular weight is 354 g/mol. The smallest absolute Gasteiger partial charge is 0.253 e. The van der Waals surface area contributed by atoms with Crippen LogP contribution in [0.15, 0.2) is 36.7 Å². The van der Waals surface area contributed by atoms with Crippen molar-refractivity contribution in [1.82, 2.24) is 14.9 Å². The molecule has 0 radical (unpaired) electrons. The standard InChI is InChI=1S/C19H22N4O3/c1-13(24)22-18-11-17(20-12-21-18)14-7-9-23(10-8-14)19(25)15-3-5-16(26-2)6-4-15/h3-6,11-12,14H,7-10H2,1-2H3,(H,20,21,22,24). The zero-order valence-electron chi connectivity index (χ0n) is 14.9. The third-order valence-electron chi connectivity index (χ3n) is 4.53. The quantitative estimate of drug-likeness (QED) is 0.912. The van der Waals surface area contributed by atoms with E-state index in [2.05, 4.69) is 15.3 Å². The third-order valence-corrected chi connectivity index (χ3v) is 4.53. The summed E-state index contributed by atoms with van der Waals surface area (Å²) >= 11 is 0. The minimum Gasteiger partial charge on any atom is -0.497 e. The molecular formula is C19H22N4O3. The van der Waals surface area contributed by atoms with E-state index in [1.54, 1.807) is 31.4 Å². The summed E-state index contributed by atoms with van der Waals surface area (Å²) in [5, 5.41) is 2.68. The zero-order valence-corrected chi connectivity index (χ0v) is 14.9. The molecule has 136 valence electrons. The highest BCUT2D eigenvalue weighted by Gasteiger charge is 2.25. The molecule has 26 heavy (non-hydrogen) atoms. The van der Waals surface area contributed by atoms with Crippen LogP contribution in [-0.4, -0.2) is 46.9 Å². The molecule has 1 fully saturated rings. The van der Waals surface area contributed by atoms with Crippen LogP contribution >= 0.6 is 0 Å². The maximum Gasteiger partial charge on any atom is 0.253 e. The molecule has 2 aromatic rings. The minimum atomic E-state index is -0.158. The lowest BCUT2D eigenvalue weighted by Crippen LogP contribution is -2.38. The SMILES string of the molecule is COc1ccc(C(=O)N2CCC(c3cc(NC(C)=O)ncn3)CC2)cc1. The Hall–Kier alpha value is -2.96. The summed E-state index contributed by atoms with van der Waals surface area (Å²) in [5.41, 5.74) is 1.57. The molecule has 7 heteroatoms. The summed E-state index contributed by atoms with van der Waals surface area (Å²) in [4.78, 5) is 34.1. The second-order valence-electron chi connectivity index (χ2n) is 6.30. The van der Waals surface area contributed by atoms with Crippen molar-refractivity contribution in [3.8, 4) is 5.75 Å². The monoisotopic (exact) mass is 354 g/mol. The highest BCUT2D eigenvalue weighted by Crippen LogP contribution is 2.28. The highest BCUT2D eigenvalue weighted by atomic mass is 16.5. The van der Waals surface area contributed by atoms with Gasteiger partial charge in [-0.3, -0.25) is 9.59 Å². The summed E-state index contributed by atoms with van der Waals surface area (Å²) in [5.74, 6) is 1.38. The van der Waals surface area contributed by atoms with Gasteiger partial charge in [0.15, 0.2) is 0 Å². The van der Waals surface area contributed by atoms with Crippen molar-refractivity contribution in [2.75, 3.05) is 25.5 Å². The first kappa shape index (κ1) is 17.8. The third kappa shape index (κ3) is 4.17.